The predicted octanol–water partition coefficient (Wildman–Crippen LogP) is 3.59. The molecule has 0 aliphatic rings. The zero-order valence-corrected chi connectivity index (χ0v) is 7.96. The maximum atomic E-state index is 5.55. The maximum Gasteiger partial charge on any atom is 0.0404 e. The smallest absolute Gasteiger partial charge is 0.0404 e. The average molecular weight is 181 g/mol. The fourth-order valence-electron chi connectivity index (χ4n) is 1.12. The van der Waals surface area contributed by atoms with Crippen molar-refractivity contribution >= 4 is 11.6 Å². The molecule has 1 aromatic carbocycles. The first-order valence-electron chi connectivity index (χ1n) is 4.12. The molecule has 0 spiro atoms. The minimum Gasteiger partial charge on any atom is -0.122 e. The zero-order valence-electron chi connectivity index (χ0n) is 7.20. The number of hydrogen-bond donors (Lipinski definition) is 0. The number of halogens is 1. The topological polar surface area (TPSA) is 0 Å². The lowest BCUT2D eigenvalue weighted by Crippen LogP contribution is -1.87. The van der Waals surface area contributed by atoms with Crippen LogP contribution in [0.25, 0.3) is 0 Å². The van der Waals surface area contributed by atoms with E-state index in [0.29, 0.717) is 11.8 Å². The molecule has 0 aliphatic carbocycles. The third-order valence-corrected chi connectivity index (χ3v) is 2.02. The van der Waals surface area contributed by atoms with Crippen LogP contribution in [0.3, 0.4) is 0 Å². The normalized spacial score (nSPS) is 13.5. The van der Waals surface area contributed by atoms with E-state index >= 15 is 0 Å². The highest BCUT2D eigenvalue weighted by Crippen LogP contribution is 2.15. The van der Waals surface area contributed by atoms with Gasteiger partial charge in [0.2, 0.25) is 0 Å². The molecule has 0 bridgehead atoms. The lowest BCUT2D eigenvalue weighted by Gasteiger charge is -2.04. The van der Waals surface area contributed by atoms with Crippen LogP contribution in [-0.2, 0) is 0 Å². The van der Waals surface area contributed by atoms with E-state index in [2.05, 4.69) is 37.3 Å². The van der Waals surface area contributed by atoms with Gasteiger partial charge in [-0.05, 0) is 11.5 Å². The molecule has 0 fully saturated rings. The number of allylic oxidation sites excluding steroid dienone is 2. The molecule has 1 atom stereocenters. The van der Waals surface area contributed by atoms with Crippen molar-refractivity contribution in [2.75, 3.05) is 5.88 Å². The molecular weight excluding hydrogens is 168 g/mol. The molecule has 0 saturated carbocycles. The van der Waals surface area contributed by atoms with Gasteiger partial charge in [-0.15, -0.1) is 11.6 Å². The minimum atomic E-state index is 0.463. The van der Waals surface area contributed by atoms with E-state index in [4.69, 9.17) is 11.6 Å². The van der Waals surface area contributed by atoms with Crippen molar-refractivity contribution in [3.63, 3.8) is 0 Å². The Labute approximate surface area is 78.9 Å². The fourth-order valence-corrected chi connectivity index (χ4v) is 1.23. The summed E-state index contributed by atoms with van der Waals surface area (Å²) < 4.78 is 0. The monoisotopic (exact) mass is 180 g/mol. The molecule has 0 radical (unpaired) electrons. The van der Waals surface area contributed by atoms with Crippen LogP contribution in [0.5, 0.6) is 0 Å². The van der Waals surface area contributed by atoms with Gasteiger partial charge in [-0.2, -0.15) is 0 Å². The van der Waals surface area contributed by atoms with Gasteiger partial charge < -0.3 is 0 Å². The van der Waals surface area contributed by atoms with E-state index in [0.717, 1.165) is 0 Å². The van der Waals surface area contributed by atoms with Gasteiger partial charge >= 0.3 is 0 Å². The largest absolute Gasteiger partial charge is 0.122 e. The summed E-state index contributed by atoms with van der Waals surface area (Å²) in [6.45, 7) is 2.17. The molecule has 0 nitrogen and oxygen atoms in total. The first-order chi connectivity index (χ1) is 5.84. The lowest BCUT2D eigenvalue weighted by atomic mass is 10.0. The maximum absolute atomic E-state index is 5.55. The summed E-state index contributed by atoms with van der Waals surface area (Å²) in [4.78, 5) is 0. The van der Waals surface area contributed by atoms with Crippen LogP contribution >= 0.6 is 11.6 Å². The highest BCUT2D eigenvalue weighted by atomic mass is 35.5. The Bertz CT molecular complexity index is 238. The van der Waals surface area contributed by atoms with Crippen molar-refractivity contribution in [1.82, 2.24) is 0 Å². The van der Waals surface area contributed by atoms with E-state index in [1.165, 1.54) is 5.56 Å². The molecule has 0 amide bonds. The lowest BCUT2D eigenvalue weighted by molar-refractivity contribution is 0.965. The van der Waals surface area contributed by atoms with Crippen LogP contribution in [0, 0.1) is 0 Å². The quantitative estimate of drug-likeness (QED) is 0.493. The average Bonchev–Trinajstić information content (AvgIpc) is 2.15. The SMILES string of the molecule is CC(/C=C/CCl)c1ccccc1. The molecule has 1 unspecified atom stereocenters. The minimum absolute atomic E-state index is 0.463. The van der Waals surface area contributed by atoms with Crippen LogP contribution in [0.2, 0.25) is 0 Å². The van der Waals surface area contributed by atoms with Gasteiger partial charge in [0.05, 0.1) is 0 Å². The highest BCUT2D eigenvalue weighted by Gasteiger charge is 1.97. The second-order valence-electron chi connectivity index (χ2n) is 2.78. The standard InChI is InChI=1S/C11H13Cl/c1-10(6-5-9-12)11-7-3-2-4-8-11/h2-8,10H,9H2,1H3/b6-5+. The number of hydrogen-bond acceptors (Lipinski definition) is 0. The summed E-state index contributed by atoms with van der Waals surface area (Å²) in [5.74, 6) is 1.06. The third kappa shape index (κ3) is 2.71. The Morgan fingerprint density at radius 1 is 1.33 bits per heavy atom. The zero-order chi connectivity index (χ0) is 8.81. The number of benzene rings is 1. The first-order valence-corrected chi connectivity index (χ1v) is 4.65. The number of rotatable bonds is 3. The summed E-state index contributed by atoms with van der Waals surface area (Å²) >= 11 is 5.55. The van der Waals surface area contributed by atoms with Gasteiger partial charge in [0, 0.05) is 5.88 Å². The van der Waals surface area contributed by atoms with Crippen LogP contribution < -0.4 is 0 Å². The van der Waals surface area contributed by atoms with Gasteiger partial charge in [0.1, 0.15) is 0 Å². The van der Waals surface area contributed by atoms with Crippen LogP contribution in [-0.4, -0.2) is 5.88 Å². The van der Waals surface area contributed by atoms with Crippen molar-refractivity contribution in [1.29, 1.82) is 0 Å². The fraction of sp³-hybridized carbons (Fsp3) is 0.273. The Morgan fingerprint density at radius 3 is 2.58 bits per heavy atom. The molecule has 1 heteroatoms. The van der Waals surface area contributed by atoms with Gasteiger partial charge in [-0.1, -0.05) is 49.4 Å². The number of alkyl halides is 1. The molecule has 0 saturated heterocycles. The summed E-state index contributed by atoms with van der Waals surface area (Å²) in [6.07, 6.45) is 4.11. The summed E-state index contributed by atoms with van der Waals surface area (Å²) in [5.41, 5.74) is 1.33. The summed E-state index contributed by atoms with van der Waals surface area (Å²) in [6, 6.07) is 10.4. The molecule has 1 rings (SSSR count). The van der Waals surface area contributed by atoms with Crippen molar-refractivity contribution in [2.24, 2.45) is 0 Å². The molecule has 1 aromatic rings. The molecule has 0 aliphatic heterocycles. The Kier molecular flexibility index (Phi) is 3.89. The van der Waals surface area contributed by atoms with E-state index < -0.39 is 0 Å². The van der Waals surface area contributed by atoms with E-state index in [-0.39, 0.29) is 0 Å². The van der Waals surface area contributed by atoms with Gasteiger partial charge in [0.25, 0.3) is 0 Å². The first kappa shape index (κ1) is 9.34. The Hall–Kier alpha value is -0.750. The van der Waals surface area contributed by atoms with E-state index in [1.54, 1.807) is 0 Å². The highest BCUT2D eigenvalue weighted by molar-refractivity contribution is 6.18. The second-order valence-corrected chi connectivity index (χ2v) is 3.09. The predicted molar refractivity (Wildman–Crippen MR) is 54.7 cm³/mol. The molecule has 64 valence electrons. The Morgan fingerprint density at radius 2 is 2.00 bits per heavy atom. The van der Waals surface area contributed by atoms with E-state index in [9.17, 15) is 0 Å². The van der Waals surface area contributed by atoms with Crippen molar-refractivity contribution in [3.8, 4) is 0 Å². The molecule has 0 heterocycles. The third-order valence-electron chi connectivity index (χ3n) is 1.84. The second kappa shape index (κ2) is 5.00. The molecular formula is C11H13Cl. The Balaban J connectivity index is 2.65. The van der Waals surface area contributed by atoms with Crippen molar-refractivity contribution in [2.45, 2.75) is 12.8 Å². The van der Waals surface area contributed by atoms with Crippen LogP contribution in [0.15, 0.2) is 42.5 Å². The van der Waals surface area contributed by atoms with Gasteiger partial charge in [0.15, 0.2) is 0 Å². The molecule has 12 heavy (non-hydrogen) atoms. The molecule has 0 aromatic heterocycles. The van der Waals surface area contributed by atoms with Crippen LogP contribution in [0.4, 0.5) is 0 Å². The van der Waals surface area contributed by atoms with Crippen molar-refractivity contribution in [3.05, 3.63) is 48.0 Å². The van der Waals surface area contributed by atoms with Crippen molar-refractivity contribution < 1.29 is 0 Å². The molecule has 0 N–H and O–H groups in total. The van der Waals surface area contributed by atoms with Gasteiger partial charge in [-0.3, -0.25) is 0 Å². The summed E-state index contributed by atoms with van der Waals surface area (Å²) in [7, 11) is 0. The summed E-state index contributed by atoms with van der Waals surface area (Å²) in [5, 5.41) is 0. The van der Waals surface area contributed by atoms with Crippen LogP contribution in [0.1, 0.15) is 18.4 Å². The van der Waals surface area contributed by atoms with E-state index in [1.807, 2.05) is 12.1 Å². The van der Waals surface area contributed by atoms with Gasteiger partial charge in [-0.25, -0.2) is 0 Å².